The van der Waals surface area contributed by atoms with Crippen LogP contribution in [0.15, 0.2) is 54.6 Å². The third kappa shape index (κ3) is 2.43. The van der Waals surface area contributed by atoms with Crippen LogP contribution in [0.4, 0.5) is 0 Å². The van der Waals surface area contributed by atoms with Crippen LogP contribution in [-0.2, 0) is 0 Å². The van der Waals surface area contributed by atoms with Crippen LogP contribution in [0.1, 0.15) is 0 Å². The van der Waals surface area contributed by atoms with Crippen molar-refractivity contribution < 1.29 is 4.74 Å². The number of hydrogen-bond donors (Lipinski definition) is 0. The molecule has 0 aliphatic carbocycles. The molecule has 0 aliphatic rings. The summed E-state index contributed by atoms with van der Waals surface area (Å²) in [6, 6.07) is 18.1. The molecule has 0 saturated carbocycles. The van der Waals surface area contributed by atoms with Crippen molar-refractivity contribution in [3.8, 4) is 29.2 Å². The lowest BCUT2D eigenvalue weighted by atomic mass is 10.1. The van der Waals surface area contributed by atoms with Gasteiger partial charge < -0.3 is 4.74 Å². The molecule has 2 aromatic carbocycles. The summed E-state index contributed by atoms with van der Waals surface area (Å²) < 4.78 is 5.38. The number of rotatable bonds is 3. The Bertz CT molecular complexity index is 494. The molecule has 0 saturated heterocycles. The van der Waals surface area contributed by atoms with E-state index in [1.807, 2.05) is 36.4 Å². The number of terminal acetylenes is 1. The molecule has 0 fully saturated rings. The Labute approximate surface area is 95.7 Å². The Morgan fingerprint density at radius 3 is 2.44 bits per heavy atom. The van der Waals surface area contributed by atoms with E-state index in [1.54, 1.807) is 0 Å². The maximum atomic E-state index is 5.38. The smallest absolute Gasteiger partial charge is 0.148 e. The van der Waals surface area contributed by atoms with E-state index in [0.717, 1.165) is 11.3 Å². The lowest BCUT2D eigenvalue weighted by Gasteiger charge is -2.05. The van der Waals surface area contributed by atoms with Gasteiger partial charge in [-0.05, 0) is 23.3 Å². The van der Waals surface area contributed by atoms with Gasteiger partial charge >= 0.3 is 0 Å². The molecule has 0 heterocycles. The first-order valence-corrected chi connectivity index (χ1v) is 5.12. The standard InChI is InChI=1S/C15H12O/c1-2-11-16-15-10-6-9-14(12-15)13-7-4-3-5-8-13/h1,3-10,12H,11H2. The lowest BCUT2D eigenvalue weighted by molar-refractivity contribution is 0.370. The molecular formula is C15H12O. The largest absolute Gasteiger partial charge is 0.481 e. The minimum Gasteiger partial charge on any atom is -0.481 e. The second kappa shape index (κ2) is 5.04. The van der Waals surface area contributed by atoms with E-state index in [2.05, 4.69) is 24.1 Å². The summed E-state index contributed by atoms with van der Waals surface area (Å²) in [4.78, 5) is 0. The van der Waals surface area contributed by atoms with Crippen molar-refractivity contribution in [1.82, 2.24) is 0 Å². The van der Waals surface area contributed by atoms with E-state index in [0.29, 0.717) is 6.61 Å². The Morgan fingerprint density at radius 1 is 0.938 bits per heavy atom. The van der Waals surface area contributed by atoms with E-state index in [1.165, 1.54) is 5.56 Å². The summed E-state index contributed by atoms with van der Waals surface area (Å²) >= 11 is 0. The first-order valence-electron chi connectivity index (χ1n) is 5.12. The predicted molar refractivity (Wildman–Crippen MR) is 66.2 cm³/mol. The third-order valence-corrected chi connectivity index (χ3v) is 2.26. The van der Waals surface area contributed by atoms with Crippen molar-refractivity contribution in [1.29, 1.82) is 0 Å². The number of hydrogen-bond acceptors (Lipinski definition) is 1. The van der Waals surface area contributed by atoms with Gasteiger partial charge in [-0.1, -0.05) is 48.4 Å². The zero-order chi connectivity index (χ0) is 11.2. The van der Waals surface area contributed by atoms with Crippen LogP contribution in [0.25, 0.3) is 11.1 Å². The van der Waals surface area contributed by atoms with Crippen molar-refractivity contribution in [2.45, 2.75) is 0 Å². The molecule has 0 aromatic heterocycles. The van der Waals surface area contributed by atoms with E-state index in [-0.39, 0.29) is 0 Å². The molecule has 0 aliphatic heterocycles. The molecule has 0 atom stereocenters. The zero-order valence-electron chi connectivity index (χ0n) is 8.89. The van der Waals surface area contributed by atoms with E-state index >= 15 is 0 Å². The average Bonchev–Trinajstić information content (AvgIpc) is 2.38. The van der Waals surface area contributed by atoms with Crippen molar-refractivity contribution in [3.05, 3.63) is 54.6 Å². The van der Waals surface area contributed by atoms with Crippen LogP contribution < -0.4 is 4.74 Å². The second-order valence-corrected chi connectivity index (χ2v) is 3.39. The fourth-order valence-corrected chi connectivity index (χ4v) is 1.52. The molecule has 0 N–H and O–H groups in total. The van der Waals surface area contributed by atoms with E-state index in [9.17, 15) is 0 Å². The van der Waals surface area contributed by atoms with Crippen molar-refractivity contribution in [2.24, 2.45) is 0 Å². The van der Waals surface area contributed by atoms with Gasteiger partial charge in [0.05, 0.1) is 0 Å². The van der Waals surface area contributed by atoms with E-state index < -0.39 is 0 Å². The molecular weight excluding hydrogens is 196 g/mol. The summed E-state index contributed by atoms with van der Waals surface area (Å²) in [5, 5.41) is 0. The molecule has 0 radical (unpaired) electrons. The molecule has 0 amide bonds. The first-order chi connectivity index (χ1) is 7.90. The summed E-state index contributed by atoms with van der Waals surface area (Å²) in [5.74, 6) is 3.26. The van der Waals surface area contributed by atoms with E-state index in [4.69, 9.17) is 11.2 Å². The molecule has 78 valence electrons. The SMILES string of the molecule is C#CCOc1cccc(-c2ccccc2)c1. The van der Waals surface area contributed by atoms with Gasteiger partial charge in [-0.25, -0.2) is 0 Å². The summed E-state index contributed by atoms with van der Waals surface area (Å²) in [7, 11) is 0. The number of benzene rings is 2. The molecule has 0 bridgehead atoms. The van der Waals surface area contributed by atoms with Crippen molar-refractivity contribution >= 4 is 0 Å². The second-order valence-electron chi connectivity index (χ2n) is 3.39. The van der Waals surface area contributed by atoms with Crippen LogP contribution in [0.3, 0.4) is 0 Å². The molecule has 0 spiro atoms. The monoisotopic (exact) mass is 208 g/mol. The zero-order valence-corrected chi connectivity index (χ0v) is 8.89. The summed E-state index contributed by atoms with van der Waals surface area (Å²) in [6.45, 7) is 0.304. The lowest BCUT2D eigenvalue weighted by Crippen LogP contribution is -1.93. The normalized spacial score (nSPS) is 9.44. The predicted octanol–water partition coefficient (Wildman–Crippen LogP) is 3.37. The van der Waals surface area contributed by atoms with Gasteiger partial charge in [0.2, 0.25) is 0 Å². The minimum absolute atomic E-state index is 0.304. The maximum absolute atomic E-state index is 5.38. The van der Waals surface area contributed by atoms with Gasteiger partial charge in [0, 0.05) is 0 Å². The third-order valence-electron chi connectivity index (χ3n) is 2.26. The molecule has 0 unspecified atom stereocenters. The highest BCUT2D eigenvalue weighted by Crippen LogP contribution is 2.23. The highest BCUT2D eigenvalue weighted by atomic mass is 16.5. The van der Waals surface area contributed by atoms with Crippen molar-refractivity contribution in [3.63, 3.8) is 0 Å². The Hall–Kier alpha value is -2.20. The fraction of sp³-hybridized carbons (Fsp3) is 0.0667. The van der Waals surface area contributed by atoms with Crippen LogP contribution in [0.2, 0.25) is 0 Å². The molecule has 1 heteroatoms. The molecule has 1 nitrogen and oxygen atoms in total. The Morgan fingerprint density at radius 2 is 1.69 bits per heavy atom. The van der Waals surface area contributed by atoms with Crippen molar-refractivity contribution in [2.75, 3.05) is 6.61 Å². The topological polar surface area (TPSA) is 9.23 Å². The Kier molecular flexibility index (Phi) is 3.25. The minimum atomic E-state index is 0.304. The van der Waals surface area contributed by atoms with Gasteiger partial charge in [0.1, 0.15) is 12.4 Å². The quantitative estimate of drug-likeness (QED) is 0.703. The highest BCUT2D eigenvalue weighted by Gasteiger charge is 1.98. The van der Waals surface area contributed by atoms with Crippen LogP contribution in [0.5, 0.6) is 5.75 Å². The van der Waals surface area contributed by atoms with Gasteiger partial charge in [-0.3, -0.25) is 0 Å². The van der Waals surface area contributed by atoms with Gasteiger partial charge in [0.25, 0.3) is 0 Å². The van der Waals surface area contributed by atoms with Gasteiger partial charge in [0.15, 0.2) is 0 Å². The highest BCUT2D eigenvalue weighted by molar-refractivity contribution is 5.64. The fourth-order valence-electron chi connectivity index (χ4n) is 1.52. The van der Waals surface area contributed by atoms with Gasteiger partial charge in [-0.2, -0.15) is 0 Å². The van der Waals surface area contributed by atoms with Crippen LogP contribution >= 0.6 is 0 Å². The van der Waals surface area contributed by atoms with Crippen LogP contribution in [0, 0.1) is 12.3 Å². The molecule has 2 aromatic rings. The molecule has 2 rings (SSSR count). The summed E-state index contributed by atoms with van der Waals surface area (Å²) in [6.07, 6.45) is 5.15. The average molecular weight is 208 g/mol. The number of ether oxygens (including phenoxy) is 1. The van der Waals surface area contributed by atoms with Crippen LogP contribution in [-0.4, -0.2) is 6.61 Å². The van der Waals surface area contributed by atoms with Gasteiger partial charge in [-0.15, -0.1) is 6.42 Å². The Balaban J connectivity index is 2.26. The molecule has 16 heavy (non-hydrogen) atoms. The maximum Gasteiger partial charge on any atom is 0.148 e. The summed E-state index contributed by atoms with van der Waals surface area (Å²) in [5.41, 5.74) is 2.31. The first kappa shape index (κ1) is 10.3.